The lowest BCUT2D eigenvalue weighted by molar-refractivity contribution is 0.00973. The number of nitrogens with zero attached hydrogens (tertiary/aromatic N) is 3. The molecule has 0 unspecified atom stereocenters. The monoisotopic (exact) mass is 291 g/mol. The van der Waals surface area contributed by atoms with Crippen molar-refractivity contribution >= 4 is 0 Å². The Morgan fingerprint density at radius 1 is 1.29 bits per heavy atom. The van der Waals surface area contributed by atoms with Crippen LogP contribution in [0.15, 0.2) is 21.1 Å². The molecule has 6 nitrogen and oxygen atoms in total. The molecule has 0 radical (unpaired) electrons. The fourth-order valence-electron chi connectivity index (χ4n) is 2.40. The first kappa shape index (κ1) is 14.3. The van der Waals surface area contributed by atoms with Gasteiger partial charge in [0.2, 0.25) is 5.82 Å². The number of hydrogen-bond acceptors (Lipinski definition) is 6. The Bertz CT molecular complexity index is 597. The van der Waals surface area contributed by atoms with Crippen LogP contribution in [0, 0.1) is 0 Å². The lowest BCUT2D eigenvalue weighted by Crippen LogP contribution is -2.21. The molecule has 0 aromatic carbocycles. The minimum Gasteiger partial charge on any atom is -0.455 e. The molecule has 0 aliphatic carbocycles. The van der Waals surface area contributed by atoms with E-state index in [1.165, 1.54) is 12.8 Å². The summed E-state index contributed by atoms with van der Waals surface area (Å²) < 4.78 is 16.4. The minimum atomic E-state index is -0.577. The van der Waals surface area contributed by atoms with Gasteiger partial charge in [-0.3, -0.25) is 4.90 Å². The van der Waals surface area contributed by atoms with Gasteiger partial charge in [0, 0.05) is 7.11 Å². The maximum absolute atomic E-state index is 5.81. The van der Waals surface area contributed by atoms with E-state index in [2.05, 4.69) is 15.0 Å². The zero-order valence-corrected chi connectivity index (χ0v) is 12.8. The second kappa shape index (κ2) is 5.61. The average molecular weight is 291 g/mol. The van der Waals surface area contributed by atoms with E-state index in [0.29, 0.717) is 17.5 Å². The van der Waals surface area contributed by atoms with E-state index >= 15 is 0 Å². The molecule has 0 spiro atoms. The van der Waals surface area contributed by atoms with E-state index in [9.17, 15) is 0 Å². The van der Waals surface area contributed by atoms with Crippen LogP contribution in [0.5, 0.6) is 0 Å². The van der Waals surface area contributed by atoms with Gasteiger partial charge in [0.25, 0.3) is 5.89 Å². The van der Waals surface area contributed by atoms with Gasteiger partial charge in [-0.2, -0.15) is 4.98 Å². The van der Waals surface area contributed by atoms with Gasteiger partial charge in [0.05, 0.1) is 6.54 Å². The van der Waals surface area contributed by atoms with E-state index in [1.807, 2.05) is 26.0 Å². The van der Waals surface area contributed by atoms with Crippen molar-refractivity contribution in [2.45, 2.75) is 38.8 Å². The third kappa shape index (κ3) is 3.01. The molecule has 3 heterocycles. The Balaban J connectivity index is 1.74. The molecular formula is C15H21N3O3. The van der Waals surface area contributed by atoms with Crippen molar-refractivity contribution in [3.05, 3.63) is 23.7 Å². The molecule has 0 atom stereocenters. The summed E-state index contributed by atoms with van der Waals surface area (Å²) in [5.74, 6) is 2.44. The van der Waals surface area contributed by atoms with Crippen molar-refractivity contribution in [1.29, 1.82) is 0 Å². The Labute approximate surface area is 124 Å². The van der Waals surface area contributed by atoms with E-state index in [4.69, 9.17) is 13.7 Å². The third-order valence-electron chi connectivity index (χ3n) is 3.93. The maximum atomic E-state index is 5.81. The Hall–Kier alpha value is -1.66. The fraction of sp³-hybridized carbons (Fsp3) is 0.600. The zero-order chi connectivity index (χ0) is 14.9. The first-order chi connectivity index (χ1) is 10.1. The van der Waals surface area contributed by atoms with Crippen LogP contribution in [-0.2, 0) is 16.9 Å². The lowest BCUT2D eigenvalue weighted by Gasteiger charge is -2.17. The van der Waals surface area contributed by atoms with Crippen molar-refractivity contribution in [3.63, 3.8) is 0 Å². The highest BCUT2D eigenvalue weighted by molar-refractivity contribution is 5.44. The highest BCUT2D eigenvalue weighted by Crippen LogP contribution is 2.26. The second-order valence-electron chi connectivity index (χ2n) is 5.89. The summed E-state index contributed by atoms with van der Waals surface area (Å²) in [6.07, 6.45) is 2.54. The van der Waals surface area contributed by atoms with Gasteiger partial charge in [-0.15, -0.1) is 0 Å². The van der Waals surface area contributed by atoms with Crippen molar-refractivity contribution in [2.75, 3.05) is 20.2 Å². The second-order valence-corrected chi connectivity index (χ2v) is 5.89. The van der Waals surface area contributed by atoms with Gasteiger partial charge in [-0.05, 0) is 51.9 Å². The average Bonchev–Trinajstić information content (AvgIpc) is 3.20. The van der Waals surface area contributed by atoms with E-state index in [1.54, 1.807) is 7.11 Å². The van der Waals surface area contributed by atoms with Crippen LogP contribution in [0.1, 0.15) is 38.3 Å². The molecule has 6 heteroatoms. The maximum Gasteiger partial charge on any atom is 0.293 e. The van der Waals surface area contributed by atoms with Crippen LogP contribution in [0.3, 0.4) is 0 Å². The van der Waals surface area contributed by atoms with Gasteiger partial charge in [-0.25, -0.2) is 0 Å². The van der Waals surface area contributed by atoms with Crippen LogP contribution >= 0.6 is 0 Å². The minimum absolute atomic E-state index is 0.391. The van der Waals surface area contributed by atoms with Crippen LogP contribution in [-0.4, -0.2) is 35.2 Å². The van der Waals surface area contributed by atoms with Crippen LogP contribution in [0.25, 0.3) is 11.7 Å². The smallest absolute Gasteiger partial charge is 0.293 e. The molecule has 1 fully saturated rings. The molecule has 1 aliphatic rings. The first-order valence-corrected chi connectivity index (χ1v) is 7.29. The van der Waals surface area contributed by atoms with Crippen molar-refractivity contribution in [1.82, 2.24) is 15.0 Å². The zero-order valence-electron chi connectivity index (χ0n) is 12.8. The Morgan fingerprint density at radius 3 is 2.76 bits per heavy atom. The molecule has 0 bridgehead atoms. The molecule has 0 N–H and O–H groups in total. The summed E-state index contributed by atoms with van der Waals surface area (Å²) in [6.45, 7) is 6.90. The summed E-state index contributed by atoms with van der Waals surface area (Å²) >= 11 is 0. The van der Waals surface area contributed by atoms with Gasteiger partial charge >= 0.3 is 0 Å². The van der Waals surface area contributed by atoms with E-state index in [0.717, 1.165) is 25.4 Å². The number of methoxy groups -OCH3 is 1. The standard InChI is InChI=1S/C15H21N3O3/c1-15(2,19-3)14-16-13(21-17-14)12-7-6-11(20-12)10-18-8-4-5-9-18/h6-7H,4-5,8-10H2,1-3H3. The summed E-state index contributed by atoms with van der Waals surface area (Å²) in [5.41, 5.74) is -0.577. The predicted molar refractivity (Wildman–Crippen MR) is 76.5 cm³/mol. The largest absolute Gasteiger partial charge is 0.455 e. The number of hydrogen-bond donors (Lipinski definition) is 0. The molecule has 114 valence electrons. The fourth-order valence-corrected chi connectivity index (χ4v) is 2.40. The number of ether oxygens (including phenoxy) is 1. The molecule has 0 saturated carbocycles. The number of furan rings is 1. The van der Waals surface area contributed by atoms with E-state index < -0.39 is 5.60 Å². The van der Waals surface area contributed by atoms with E-state index in [-0.39, 0.29) is 0 Å². The van der Waals surface area contributed by atoms with Gasteiger partial charge in [-0.1, -0.05) is 5.16 Å². The summed E-state index contributed by atoms with van der Waals surface area (Å²) in [4.78, 5) is 6.74. The SMILES string of the molecule is COC(C)(C)c1noc(-c2ccc(CN3CCCC3)o2)n1. The molecular weight excluding hydrogens is 270 g/mol. The topological polar surface area (TPSA) is 64.5 Å². The number of aromatic nitrogens is 2. The van der Waals surface area contributed by atoms with Crippen LogP contribution in [0.4, 0.5) is 0 Å². The van der Waals surface area contributed by atoms with Crippen molar-refractivity contribution in [2.24, 2.45) is 0 Å². The van der Waals surface area contributed by atoms with Crippen molar-refractivity contribution < 1.29 is 13.7 Å². The van der Waals surface area contributed by atoms with Gasteiger partial charge in [0.1, 0.15) is 11.4 Å². The Morgan fingerprint density at radius 2 is 2.05 bits per heavy atom. The molecule has 3 rings (SSSR count). The molecule has 2 aromatic rings. The highest BCUT2D eigenvalue weighted by Gasteiger charge is 2.27. The molecule has 0 amide bonds. The molecule has 1 aliphatic heterocycles. The lowest BCUT2D eigenvalue weighted by atomic mass is 10.1. The molecule has 2 aromatic heterocycles. The molecule has 21 heavy (non-hydrogen) atoms. The van der Waals surface area contributed by atoms with Gasteiger partial charge < -0.3 is 13.7 Å². The van der Waals surface area contributed by atoms with Gasteiger partial charge in [0.15, 0.2) is 5.76 Å². The quantitative estimate of drug-likeness (QED) is 0.844. The molecule has 1 saturated heterocycles. The number of rotatable bonds is 5. The van der Waals surface area contributed by atoms with Crippen molar-refractivity contribution in [3.8, 4) is 11.7 Å². The first-order valence-electron chi connectivity index (χ1n) is 7.29. The number of likely N-dealkylation sites (tertiary alicyclic amines) is 1. The predicted octanol–water partition coefficient (Wildman–Crippen LogP) is 2.81. The highest BCUT2D eigenvalue weighted by atomic mass is 16.5. The van der Waals surface area contributed by atoms with Crippen LogP contribution < -0.4 is 0 Å². The normalized spacial score (nSPS) is 16.7. The third-order valence-corrected chi connectivity index (χ3v) is 3.93. The Kier molecular flexibility index (Phi) is 3.82. The summed E-state index contributed by atoms with van der Waals surface area (Å²) in [6, 6.07) is 3.85. The summed E-state index contributed by atoms with van der Waals surface area (Å²) in [5, 5.41) is 3.97. The summed E-state index contributed by atoms with van der Waals surface area (Å²) in [7, 11) is 1.62. The van der Waals surface area contributed by atoms with Crippen LogP contribution in [0.2, 0.25) is 0 Å².